The molecule has 0 amide bonds. The van der Waals surface area contributed by atoms with Crippen molar-refractivity contribution < 1.29 is 0 Å². The summed E-state index contributed by atoms with van der Waals surface area (Å²) in [5.41, 5.74) is 0.322. The third kappa shape index (κ3) is 3.26. The molecule has 1 atom stereocenters. The Morgan fingerprint density at radius 2 is 2.60 bits per heavy atom. The molecule has 1 saturated heterocycles. The standard InChI is InChI=1S/C11H19N3S/c1-11(4-2-5-14-11)9-12-6-3-10-13-7-8-15-10/h7-8,12,14H,2-6,9H2,1H3. The Labute approximate surface area is 95.3 Å². The summed E-state index contributed by atoms with van der Waals surface area (Å²) in [6.07, 6.45) is 5.52. The minimum atomic E-state index is 0.322. The normalized spacial score (nSPS) is 25.9. The van der Waals surface area contributed by atoms with Crippen LogP contribution in [-0.2, 0) is 6.42 Å². The second-order valence-electron chi connectivity index (χ2n) is 4.44. The molecule has 3 nitrogen and oxygen atoms in total. The molecule has 4 heteroatoms. The monoisotopic (exact) mass is 225 g/mol. The molecule has 1 aromatic heterocycles. The molecule has 1 unspecified atom stereocenters. The molecule has 2 rings (SSSR count). The maximum absolute atomic E-state index is 4.27. The van der Waals surface area contributed by atoms with Crippen molar-refractivity contribution in [1.82, 2.24) is 15.6 Å². The van der Waals surface area contributed by atoms with Gasteiger partial charge in [0.1, 0.15) is 0 Å². The van der Waals surface area contributed by atoms with Gasteiger partial charge in [0.25, 0.3) is 0 Å². The van der Waals surface area contributed by atoms with Gasteiger partial charge in [0.05, 0.1) is 5.01 Å². The van der Waals surface area contributed by atoms with E-state index in [1.54, 1.807) is 11.3 Å². The molecule has 15 heavy (non-hydrogen) atoms. The Hall–Kier alpha value is -0.450. The molecule has 1 aromatic rings. The van der Waals surface area contributed by atoms with Crippen LogP contribution in [0.1, 0.15) is 24.8 Å². The maximum Gasteiger partial charge on any atom is 0.0937 e. The number of nitrogens with one attached hydrogen (secondary N) is 2. The summed E-state index contributed by atoms with van der Waals surface area (Å²) in [6.45, 7) is 5.57. The van der Waals surface area contributed by atoms with Crippen molar-refractivity contribution in [1.29, 1.82) is 0 Å². The Morgan fingerprint density at radius 1 is 1.67 bits per heavy atom. The number of hydrogen-bond donors (Lipinski definition) is 2. The van der Waals surface area contributed by atoms with Gasteiger partial charge >= 0.3 is 0 Å². The van der Waals surface area contributed by atoms with Crippen LogP contribution < -0.4 is 10.6 Å². The van der Waals surface area contributed by atoms with Crippen LogP contribution in [0.5, 0.6) is 0 Å². The van der Waals surface area contributed by atoms with Gasteiger partial charge in [0, 0.05) is 36.6 Å². The van der Waals surface area contributed by atoms with Crippen LogP contribution in [0.15, 0.2) is 11.6 Å². The lowest BCUT2D eigenvalue weighted by molar-refractivity contribution is 0.387. The van der Waals surface area contributed by atoms with Crippen molar-refractivity contribution in [3.63, 3.8) is 0 Å². The van der Waals surface area contributed by atoms with E-state index in [0.717, 1.165) is 19.5 Å². The SMILES string of the molecule is CC1(CNCCc2nccs2)CCCN1. The Morgan fingerprint density at radius 3 is 3.27 bits per heavy atom. The molecule has 0 radical (unpaired) electrons. The summed E-state index contributed by atoms with van der Waals surface area (Å²) < 4.78 is 0. The van der Waals surface area contributed by atoms with Gasteiger partial charge in [-0.2, -0.15) is 0 Å². The van der Waals surface area contributed by atoms with Gasteiger partial charge in [-0.05, 0) is 26.3 Å². The third-order valence-corrected chi connectivity index (χ3v) is 3.81. The smallest absolute Gasteiger partial charge is 0.0937 e. The second-order valence-corrected chi connectivity index (χ2v) is 5.42. The molecule has 0 bridgehead atoms. The van der Waals surface area contributed by atoms with Crippen molar-refractivity contribution >= 4 is 11.3 Å². The highest BCUT2D eigenvalue weighted by Crippen LogP contribution is 2.16. The lowest BCUT2D eigenvalue weighted by Gasteiger charge is -2.24. The van der Waals surface area contributed by atoms with Crippen molar-refractivity contribution in [3.8, 4) is 0 Å². The molecule has 1 aliphatic rings. The number of thiazole rings is 1. The van der Waals surface area contributed by atoms with Crippen LogP contribution in [0.4, 0.5) is 0 Å². The van der Waals surface area contributed by atoms with Gasteiger partial charge in [-0.15, -0.1) is 11.3 Å². The molecule has 84 valence electrons. The Bertz CT molecular complexity index is 278. The summed E-state index contributed by atoms with van der Waals surface area (Å²) in [6, 6.07) is 0. The summed E-state index contributed by atoms with van der Waals surface area (Å²) in [4.78, 5) is 4.27. The largest absolute Gasteiger partial charge is 0.314 e. The molecule has 1 fully saturated rings. The van der Waals surface area contributed by atoms with Crippen molar-refractivity contribution in [2.24, 2.45) is 0 Å². The van der Waals surface area contributed by atoms with E-state index < -0.39 is 0 Å². The quantitative estimate of drug-likeness (QED) is 0.744. The molecule has 0 saturated carbocycles. The Balaban J connectivity index is 1.62. The minimum Gasteiger partial charge on any atom is -0.314 e. The van der Waals surface area contributed by atoms with E-state index in [9.17, 15) is 0 Å². The molecule has 2 N–H and O–H groups in total. The molecular weight excluding hydrogens is 206 g/mol. The predicted octanol–water partition coefficient (Wildman–Crippen LogP) is 1.42. The van der Waals surface area contributed by atoms with E-state index >= 15 is 0 Å². The van der Waals surface area contributed by atoms with Gasteiger partial charge in [-0.1, -0.05) is 0 Å². The first kappa shape index (κ1) is 11.0. The zero-order chi connectivity index (χ0) is 10.6. The minimum absolute atomic E-state index is 0.322. The van der Waals surface area contributed by atoms with Crippen LogP contribution in [0.2, 0.25) is 0 Å². The molecule has 1 aliphatic heterocycles. The van der Waals surface area contributed by atoms with E-state index in [1.165, 1.54) is 24.4 Å². The average molecular weight is 225 g/mol. The summed E-state index contributed by atoms with van der Waals surface area (Å²) >= 11 is 1.74. The predicted molar refractivity (Wildman–Crippen MR) is 64.3 cm³/mol. The molecule has 0 aromatic carbocycles. The highest BCUT2D eigenvalue weighted by atomic mass is 32.1. The van der Waals surface area contributed by atoms with Crippen LogP contribution >= 0.6 is 11.3 Å². The van der Waals surface area contributed by atoms with E-state index in [0.29, 0.717) is 5.54 Å². The lowest BCUT2D eigenvalue weighted by atomic mass is 10.0. The first-order valence-electron chi connectivity index (χ1n) is 5.63. The van der Waals surface area contributed by atoms with E-state index in [4.69, 9.17) is 0 Å². The first-order valence-corrected chi connectivity index (χ1v) is 6.51. The molecular formula is C11H19N3S. The van der Waals surface area contributed by atoms with Gasteiger partial charge in [0.15, 0.2) is 0 Å². The fourth-order valence-electron chi connectivity index (χ4n) is 2.04. The number of rotatable bonds is 5. The van der Waals surface area contributed by atoms with Crippen LogP contribution in [-0.4, -0.2) is 30.2 Å². The molecule has 2 heterocycles. The first-order chi connectivity index (χ1) is 7.29. The van der Waals surface area contributed by atoms with Crippen molar-refractivity contribution in [3.05, 3.63) is 16.6 Å². The number of aromatic nitrogens is 1. The fourth-order valence-corrected chi connectivity index (χ4v) is 2.66. The van der Waals surface area contributed by atoms with Crippen molar-refractivity contribution in [2.45, 2.75) is 31.7 Å². The summed E-state index contributed by atoms with van der Waals surface area (Å²) in [5, 5.41) is 10.3. The van der Waals surface area contributed by atoms with E-state index in [1.807, 2.05) is 11.6 Å². The number of nitrogens with zero attached hydrogens (tertiary/aromatic N) is 1. The van der Waals surface area contributed by atoms with Gasteiger partial charge < -0.3 is 10.6 Å². The zero-order valence-corrected chi connectivity index (χ0v) is 10.1. The van der Waals surface area contributed by atoms with Crippen LogP contribution in [0, 0.1) is 0 Å². The van der Waals surface area contributed by atoms with Gasteiger partial charge in [0.2, 0.25) is 0 Å². The fraction of sp³-hybridized carbons (Fsp3) is 0.727. The second kappa shape index (κ2) is 5.05. The topological polar surface area (TPSA) is 37.0 Å². The zero-order valence-electron chi connectivity index (χ0n) is 9.25. The molecule has 0 aliphatic carbocycles. The highest BCUT2D eigenvalue weighted by Gasteiger charge is 2.26. The van der Waals surface area contributed by atoms with Crippen LogP contribution in [0.3, 0.4) is 0 Å². The highest BCUT2D eigenvalue weighted by molar-refractivity contribution is 7.09. The van der Waals surface area contributed by atoms with E-state index in [2.05, 4.69) is 22.5 Å². The Kier molecular flexibility index (Phi) is 3.72. The summed E-state index contributed by atoms with van der Waals surface area (Å²) in [7, 11) is 0. The lowest BCUT2D eigenvalue weighted by Crippen LogP contribution is -2.46. The summed E-state index contributed by atoms with van der Waals surface area (Å²) in [5.74, 6) is 0. The average Bonchev–Trinajstić information content (AvgIpc) is 2.84. The van der Waals surface area contributed by atoms with Gasteiger partial charge in [-0.25, -0.2) is 4.98 Å². The van der Waals surface area contributed by atoms with Crippen molar-refractivity contribution in [2.75, 3.05) is 19.6 Å². The molecule has 0 spiro atoms. The number of hydrogen-bond acceptors (Lipinski definition) is 4. The maximum atomic E-state index is 4.27. The van der Waals surface area contributed by atoms with Gasteiger partial charge in [-0.3, -0.25) is 0 Å². The third-order valence-electron chi connectivity index (χ3n) is 2.97. The van der Waals surface area contributed by atoms with E-state index in [-0.39, 0.29) is 0 Å². The van der Waals surface area contributed by atoms with Crippen LogP contribution in [0.25, 0.3) is 0 Å².